The predicted molar refractivity (Wildman–Crippen MR) is 154 cm³/mol. The van der Waals surface area contributed by atoms with Crippen LogP contribution in [0.5, 0.6) is 5.75 Å². The fraction of sp³-hybridized carbons (Fsp3) is 0.276. The average molecular weight is 577 g/mol. The Bertz CT molecular complexity index is 1530. The van der Waals surface area contributed by atoms with Gasteiger partial charge in [-0.1, -0.05) is 30.3 Å². The summed E-state index contributed by atoms with van der Waals surface area (Å²) in [7, 11) is 3.15. The Labute approximate surface area is 240 Å². The fourth-order valence-electron chi connectivity index (χ4n) is 4.02. The summed E-state index contributed by atoms with van der Waals surface area (Å²) in [5, 5.41) is 17.1. The van der Waals surface area contributed by atoms with E-state index >= 15 is 0 Å². The number of carbonyl (C=O) groups is 2. The van der Waals surface area contributed by atoms with E-state index in [1.54, 1.807) is 19.3 Å². The molecule has 1 saturated heterocycles. The van der Waals surface area contributed by atoms with Gasteiger partial charge in [-0.3, -0.25) is 9.59 Å². The molecule has 2 amide bonds. The smallest absolute Gasteiger partial charge is 0.254 e. The van der Waals surface area contributed by atoms with Crippen LogP contribution in [0, 0.1) is 5.82 Å². The second-order valence-electron chi connectivity index (χ2n) is 9.58. The van der Waals surface area contributed by atoms with Gasteiger partial charge in [0.2, 0.25) is 5.95 Å². The number of anilines is 2. The summed E-state index contributed by atoms with van der Waals surface area (Å²) in [5.41, 5.74) is 2.73. The molecule has 0 bridgehead atoms. The Morgan fingerprint density at radius 3 is 2.54 bits per heavy atom. The van der Waals surface area contributed by atoms with Crippen LogP contribution >= 0.6 is 11.3 Å². The number of halogens is 1. The van der Waals surface area contributed by atoms with Gasteiger partial charge in [0.25, 0.3) is 11.8 Å². The summed E-state index contributed by atoms with van der Waals surface area (Å²) < 4.78 is 20.3. The number of amides is 2. The standard InChI is InChI=1S/C24H20FN5O2S.C5H9NO2/c1-26-22(31)16-11-19(21(12-17(16)25)32-15-7-8-15)30-24-27-10-9-18(29-24)20-13-33-23(28-20)14-5-3-2-4-6-14;1-6-3-2-4(7)5(6)8/h2-6,9-13,15H,7-8H2,1H3,(H,26,31)(H,27,29,30);4,7H,2-3H2,1H3. The molecule has 2 aliphatic rings. The maximum atomic E-state index is 14.5. The van der Waals surface area contributed by atoms with Crippen molar-refractivity contribution in [3.05, 3.63) is 71.5 Å². The lowest BCUT2D eigenvalue weighted by Crippen LogP contribution is -2.24. The summed E-state index contributed by atoms with van der Waals surface area (Å²) in [5.74, 6) is -0.723. The summed E-state index contributed by atoms with van der Waals surface area (Å²) in [4.78, 5) is 37.7. The minimum atomic E-state index is -0.722. The highest BCUT2D eigenvalue weighted by atomic mass is 32.1. The number of nitrogens with one attached hydrogen (secondary N) is 2. The molecule has 0 spiro atoms. The molecule has 2 aromatic carbocycles. The number of hydrogen-bond donors (Lipinski definition) is 3. The Balaban J connectivity index is 0.000000365. The van der Waals surface area contributed by atoms with Gasteiger partial charge in [0.15, 0.2) is 0 Å². The van der Waals surface area contributed by atoms with Gasteiger partial charge in [-0.2, -0.15) is 0 Å². The summed E-state index contributed by atoms with van der Waals surface area (Å²) in [6, 6.07) is 14.3. The van der Waals surface area contributed by atoms with Gasteiger partial charge in [-0.25, -0.2) is 19.3 Å². The number of aliphatic hydroxyl groups is 1. The minimum Gasteiger partial charge on any atom is -0.488 e. The maximum Gasteiger partial charge on any atom is 0.254 e. The third-order valence-electron chi connectivity index (χ3n) is 6.45. The number of thiazole rings is 1. The molecule has 1 unspecified atom stereocenters. The molecule has 12 heteroatoms. The lowest BCUT2D eigenvalue weighted by Gasteiger charge is -2.14. The van der Waals surface area contributed by atoms with Crippen molar-refractivity contribution in [2.24, 2.45) is 0 Å². The van der Waals surface area contributed by atoms with E-state index in [4.69, 9.17) is 14.8 Å². The Morgan fingerprint density at radius 2 is 1.90 bits per heavy atom. The van der Waals surface area contributed by atoms with Crippen LogP contribution in [0.15, 0.2) is 60.1 Å². The van der Waals surface area contributed by atoms with Gasteiger partial charge in [-0.05, 0) is 31.4 Å². The summed E-state index contributed by atoms with van der Waals surface area (Å²) >= 11 is 1.53. The summed E-state index contributed by atoms with van der Waals surface area (Å²) in [6.45, 7) is 0.694. The number of benzene rings is 2. The van der Waals surface area contributed by atoms with Gasteiger partial charge in [-0.15, -0.1) is 11.3 Å². The molecule has 1 aliphatic carbocycles. The van der Waals surface area contributed by atoms with E-state index in [2.05, 4.69) is 20.6 Å². The van der Waals surface area contributed by atoms with Crippen molar-refractivity contribution in [3.63, 3.8) is 0 Å². The first-order chi connectivity index (χ1) is 19.8. The van der Waals surface area contributed by atoms with Crippen LogP contribution in [-0.4, -0.2) is 69.6 Å². The molecule has 1 aliphatic heterocycles. The number of nitrogens with zero attached hydrogens (tertiary/aromatic N) is 4. The van der Waals surface area contributed by atoms with E-state index in [9.17, 15) is 14.0 Å². The highest BCUT2D eigenvalue weighted by Gasteiger charge is 2.27. The lowest BCUT2D eigenvalue weighted by atomic mass is 10.1. The number of likely N-dealkylation sites (N-methyl/N-ethyl adjacent to an activating group) is 1. The first-order valence-electron chi connectivity index (χ1n) is 13.1. The van der Waals surface area contributed by atoms with Crippen LogP contribution in [0.4, 0.5) is 16.0 Å². The first kappa shape index (κ1) is 28.1. The Kier molecular flexibility index (Phi) is 8.50. The van der Waals surface area contributed by atoms with Crippen molar-refractivity contribution in [1.82, 2.24) is 25.2 Å². The number of likely N-dealkylation sites (tertiary alicyclic amines) is 1. The molecule has 1 saturated carbocycles. The lowest BCUT2D eigenvalue weighted by molar-refractivity contribution is -0.133. The first-order valence-corrected chi connectivity index (χ1v) is 14.0. The average Bonchev–Trinajstić information content (AvgIpc) is 3.58. The van der Waals surface area contributed by atoms with Gasteiger partial charge >= 0.3 is 0 Å². The normalized spacial score (nSPS) is 16.1. The highest BCUT2D eigenvalue weighted by Crippen LogP contribution is 2.35. The van der Waals surface area contributed by atoms with E-state index in [0.29, 0.717) is 30.1 Å². The Hall–Kier alpha value is -4.42. The van der Waals surface area contributed by atoms with Crippen molar-refractivity contribution < 1.29 is 23.8 Å². The van der Waals surface area contributed by atoms with Crippen LogP contribution in [0.1, 0.15) is 29.6 Å². The van der Waals surface area contributed by atoms with E-state index in [0.717, 1.165) is 29.1 Å². The van der Waals surface area contributed by atoms with Crippen LogP contribution in [0.25, 0.3) is 22.0 Å². The number of aromatic nitrogens is 3. The van der Waals surface area contributed by atoms with Crippen molar-refractivity contribution in [2.45, 2.75) is 31.5 Å². The zero-order valence-corrected chi connectivity index (χ0v) is 23.3. The zero-order chi connectivity index (χ0) is 28.9. The van der Waals surface area contributed by atoms with Crippen molar-refractivity contribution in [3.8, 4) is 27.7 Å². The van der Waals surface area contributed by atoms with Crippen LogP contribution in [0.2, 0.25) is 0 Å². The maximum absolute atomic E-state index is 14.5. The fourth-order valence-corrected chi connectivity index (χ4v) is 4.83. The van der Waals surface area contributed by atoms with Gasteiger partial charge in [0, 0.05) is 43.8 Å². The molecular weight excluding hydrogens is 547 g/mol. The Morgan fingerprint density at radius 1 is 1.12 bits per heavy atom. The zero-order valence-electron chi connectivity index (χ0n) is 22.5. The van der Waals surface area contributed by atoms with Crippen molar-refractivity contribution in [1.29, 1.82) is 0 Å². The molecule has 10 nitrogen and oxygen atoms in total. The van der Waals surface area contributed by atoms with E-state index in [1.165, 1.54) is 35.4 Å². The largest absolute Gasteiger partial charge is 0.488 e. The molecule has 2 aromatic heterocycles. The number of carbonyl (C=O) groups excluding carboxylic acids is 2. The van der Waals surface area contributed by atoms with E-state index < -0.39 is 17.8 Å². The van der Waals surface area contributed by atoms with Gasteiger partial charge < -0.3 is 25.4 Å². The quantitative estimate of drug-likeness (QED) is 0.298. The predicted octanol–water partition coefficient (Wildman–Crippen LogP) is 4.26. The van der Waals surface area contributed by atoms with E-state index in [-0.39, 0.29) is 23.5 Å². The number of hydrogen-bond acceptors (Lipinski definition) is 9. The topological polar surface area (TPSA) is 130 Å². The molecule has 2 fully saturated rings. The van der Waals surface area contributed by atoms with Crippen molar-refractivity contribution in [2.75, 3.05) is 26.0 Å². The van der Waals surface area contributed by atoms with Gasteiger partial charge in [0.1, 0.15) is 28.4 Å². The molecular formula is C29H29FN6O4S. The summed E-state index contributed by atoms with van der Waals surface area (Å²) in [6.07, 6.45) is 3.37. The third-order valence-corrected chi connectivity index (χ3v) is 7.34. The SMILES string of the molecule is CN1CCC(O)C1=O.CNC(=O)c1cc(Nc2nccc(-c3csc(-c4ccccc4)n3)n2)c(OC2CC2)cc1F. The molecule has 1 atom stereocenters. The molecule has 3 N–H and O–H groups in total. The monoisotopic (exact) mass is 576 g/mol. The molecule has 0 radical (unpaired) electrons. The second kappa shape index (κ2) is 12.4. The molecule has 41 heavy (non-hydrogen) atoms. The molecule has 212 valence electrons. The molecule has 6 rings (SSSR count). The minimum absolute atomic E-state index is 0.0504. The number of ether oxygens (including phenoxy) is 1. The van der Waals surface area contributed by atoms with Crippen molar-refractivity contribution >= 4 is 34.8 Å². The third kappa shape index (κ3) is 6.84. The molecule has 3 heterocycles. The van der Waals surface area contributed by atoms with Gasteiger partial charge in [0.05, 0.1) is 23.0 Å². The van der Waals surface area contributed by atoms with Crippen LogP contribution < -0.4 is 15.4 Å². The van der Waals surface area contributed by atoms with E-state index in [1.807, 2.05) is 35.7 Å². The number of rotatable bonds is 7. The highest BCUT2D eigenvalue weighted by molar-refractivity contribution is 7.13. The van der Waals surface area contributed by atoms with Crippen LogP contribution in [0.3, 0.4) is 0 Å². The molecule has 4 aromatic rings. The number of aliphatic hydroxyl groups excluding tert-OH is 1. The van der Waals surface area contributed by atoms with Crippen LogP contribution in [-0.2, 0) is 4.79 Å². The second-order valence-corrected chi connectivity index (χ2v) is 10.4.